The van der Waals surface area contributed by atoms with Gasteiger partial charge < -0.3 is 0 Å². The molecule has 1 aromatic rings. The van der Waals surface area contributed by atoms with E-state index in [1.165, 1.54) is 6.20 Å². The van der Waals surface area contributed by atoms with Crippen LogP contribution in [0, 0.1) is 5.92 Å². The van der Waals surface area contributed by atoms with E-state index in [9.17, 15) is 4.79 Å². The lowest BCUT2D eigenvalue weighted by Crippen LogP contribution is -2.05. The van der Waals surface area contributed by atoms with E-state index in [4.69, 9.17) is 0 Å². The second-order valence-corrected chi connectivity index (χ2v) is 3.49. The first-order valence-electron chi connectivity index (χ1n) is 4.04. The van der Waals surface area contributed by atoms with Crippen molar-refractivity contribution in [2.75, 3.05) is 0 Å². The summed E-state index contributed by atoms with van der Waals surface area (Å²) in [7, 11) is 0. The molecule has 0 aromatic carbocycles. The minimum absolute atomic E-state index is 0.109. The van der Waals surface area contributed by atoms with Crippen molar-refractivity contribution in [2.45, 2.75) is 26.7 Å². The van der Waals surface area contributed by atoms with Gasteiger partial charge in [0.1, 0.15) is 5.69 Å². The van der Waals surface area contributed by atoms with Gasteiger partial charge in [-0.25, -0.2) is 0 Å². The van der Waals surface area contributed by atoms with Crippen LogP contribution in [0.15, 0.2) is 6.20 Å². The molecule has 0 radical (unpaired) electrons. The van der Waals surface area contributed by atoms with Gasteiger partial charge in [0.15, 0.2) is 5.78 Å². The van der Waals surface area contributed by atoms with Crippen LogP contribution in [0.3, 0.4) is 0 Å². The van der Waals surface area contributed by atoms with E-state index >= 15 is 0 Å². The average Bonchev–Trinajstić information content (AvgIpc) is 2.56. The molecule has 0 spiro atoms. The molecule has 3 nitrogen and oxygen atoms in total. The third-order valence-electron chi connectivity index (χ3n) is 1.88. The highest BCUT2D eigenvalue weighted by Gasteiger charge is 2.11. The van der Waals surface area contributed by atoms with Crippen molar-refractivity contribution in [3.8, 4) is 0 Å². The molecule has 0 N–H and O–H groups in total. The van der Waals surface area contributed by atoms with Crippen LogP contribution in [0.4, 0.5) is 0 Å². The van der Waals surface area contributed by atoms with Gasteiger partial charge in [-0.3, -0.25) is 4.79 Å². The van der Waals surface area contributed by atoms with Crippen molar-refractivity contribution >= 4 is 17.5 Å². The Balaban J connectivity index is 2.50. The van der Waals surface area contributed by atoms with Crippen LogP contribution in [0.5, 0.6) is 0 Å². The summed E-state index contributed by atoms with van der Waals surface area (Å²) >= 11 is 1.08. The van der Waals surface area contributed by atoms with Gasteiger partial charge in [0, 0.05) is 6.42 Å². The number of hydrogen-bond acceptors (Lipinski definition) is 4. The average molecular weight is 184 g/mol. The third kappa shape index (κ3) is 2.37. The SMILES string of the molecule is CCC(C)CC(=O)c1cnsn1. The van der Waals surface area contributed by atoms with Crippen molar-refractivity contribution < 1.29 is 4.79 Å². The number of ketones is 1. The van der Waals surface area contributed by atoms with Gasteiger partial charge in [-0.05, 0) is 5.92 Å². The monoisotopic (exact) mass is 184 g/mol. The summed E-state index contributed by atoms with van der Waals surface area (Å²) in [6.07, 6.45) is 3.15. The van der Waals surface area contributed by atoms with Crippen LogP contribution < -0.4 is 0 Å². The molecule has 1 rings (SSSR count). The number of hydrogen-bond donors (Lipinski definition) is 0. The van der Waals surface area contributed by atoms with Gasteiger partial charge >= 0.3 is 0 Å². The molecule has 0 bridgehead atoms. The Morgan fingerprint density at radius 1 is 1.75 bits per heavy atom. The maximum atomic E-state index is 11.4. The van der Waals surface area contributed by atoms with Gasteiger partial charge in [0.05, 0.1) is 17.9 Å². The zero-order valence-electron chi connectivity index (χ0n) is 7.28. The Bertz CT molecular complexity index is 246. The smallest absolute Gasteiger partial charge is 0.184 e. The Morgan fingerprint density at radius 2 is 2.50 bits per heavy atom. The highest BCUT2D eigenvalue weighted by molar-refractivity contribution is 6.99. The Morgan fingerprint density at radius 3 is 3.00 bits per heavy atom. The molecule has 0 aliphatic heterocycles. The first kappa shape index (κ1) is 9.32. The molecule has 1 heterocycles. The predicted octanol–water partition coefficient (Wildman–Crippen LogP) is 2.16. The molecule has 1 aromatic heterocycles. The highest BCUT2D eigenvalue weighted by atomic mass is 32.1. The molecular weight excluding hydrogens is 172 g/mol. The van der Waals surface area contributed by atoms with Gasteiger partial charge in [-0.2, -0.15) is 8.75 Å². The number of aromatic nitrogens is 2. The normalized spacial score (nSPS) is 12.8. The van der Waals surface area contributed by atoms with Crippen molar-refractivity contribution in [1.82, 2.24) is 8.75 Å². The first-order chi connectivity index (χ1) is 5.74. The van der Waals surface area contributed by atoms with E-state index in [0.717, 1.165) is 18.1 Å². The molecule has 4 heteroatoms. The van der Waals surface area contributed by atoms with Gasteiger partial charge in [-0.1, -0.05) is 20.3 Å². The van der Waals surface area contributed by atoms with Crippen LogP contribution in [0.25, 0.3) is 0 Å². The molecule has 0 fully saturated rings. The summed E-state index contributed by atoms with van der Waals surface area (Å²) in [6.45, 7) is 4.15. The predicted molar refractivity (Wildman–Crippen MR) is 48.3 cm³/mol. The number of carbonyl (C=O) groups is 1. The fraction of sp³-hybridized carbons (Fsp3) is 0.625. The van der Waals surface area contributed by atoms with Crippen LogP contribution in [0.2, 0.25) is 0 Å². The standard InChI is InChI=1S/C8H12N2OS/c1-3-6(2)4-8(11)7-5-9-12-10-7/h5-6H,3-4H2,1-2H3. The molecule has 0 aliphatic carbocycles. The molecule has 12 heavy (non-hydrogen) atoms. The summed E-state index contributed by atoms with van der Waals surface area (Å²) in [5.41, 5.74) is 0.514. The van der Waals surface area contributed by atoms with E-state index in [1.54, 1.807) is 0 Å². The number of nitrogens with zero attached hydrogens (tertiary/aromatic N) is 2. The van der Waals surface area contributed by atoms with Crippen molar-refractivity contribution in [1.29, 1.82) is 0 Å². The van der Waals surface area contributed by atoms with Gasteiger partial charge in [0.25, 0.3) is 0 Å². The van der Waals surface area contributed by atoms with Crippen LogP contribution in [0.1, 0.15) is 37.2 Å². The molecule has 0 saturated carbocycles. The quantitative estimate of drug-likeness (QED) is 0.673. The van der Waals surface area contributed by atoms with Gasteiger partial charge in [0.2, 0.25) is 0 Å². The van der Waals surface area contributed by atoms with Gasteiger partial charge in [-0.15, -0.1) is 0 Å². The molecule has 1 unspecified atom stereocenters. The van der Waals surface area contributed by atoms with Crippen LogP contribution in [-0.4, -0.2) is 14.5 Å². The Hall–Kier alpha value is -0.770. The summed E-state index contributed by atoms with van der Waals surface area (Å²) in [5, 5.41) is 0. The summed E-state index contributed by atoms with van der Waals surface area (Å²) in [4.78, 5) is 11.4. The van der Waals surface area contributed by atoms with Crippen molar-refractivity contribution in [3.63, 3.8) is 0 Å². The summed E-state index contributed by atoms with van der Waals surface area (Å²) < 4.78 is 7.67. The molecule has 0 saturated heterocycles. The largest absolute Gasteiger partial charge is 0.292 e. The number of rotatable bonds is 4. The minimum atomic E-state index is 0.109. The van der Waals surface area contributed by atoms with E-state index < -0.39 is 0 Å². The lowest BCUT2D eigenvalue weighted by atomic mass is 10.0. The zero-order valence-corrected chi connectivity index (χ0v) is 8.10. The maximum absolute atomic E-state index is 11.4. The highest BCUT2D eigenvalue weighted by Crippen LogP contribution is 2.10. The number of Topliss-reactive ketones (excluding diaryl/α,β-unsaturated/α-hetero) is 1. The molecule has 66 valence electrons. The van der Waals surface area contributed by atoms with Crippen LogP contribution >= 0.6 is 11.7 Å². The van der Waals surface area contributed by atoms with E-state index in [0.29, 0.717) is 18.0 Å². The molecule has 0 amide bonds. The Kier molecular flexibility index (Phi) is 3.34. The fourth-order valence-corrected chi connectivity index (χ4v) is 1.28. The Labute approximate surface area is 76.1 Å². The second kappa shape index (κ2) is 4.30. The zero-order chi connectivity index (χ0) is 8.97. The van der Waals surface area contributed by atoms with E-state index in [2.05, 4.69) is 22.6 Å². The topological polar surface area (TPSA) is 42.9 Å². The van der Waals surface area contributed by atoms with E-state index in [1.807, 2.05) is 0 Å². The summed E-state index contributed by atoms with van der Waals surface area (Å²) in [5.74, 6) is 0.553. The van der Waals surface area contributed by atoms with Crippen molar-refractivity contribution in [2.24, 2.45) is 5.92 Å². The lowest BCUT2D eigenvalue weighted by Gasteiger charge is -2.03. The fourth-order valence-electron chi connectivity index (χ4n) is 0.853. The molecule has 1 atom stereocenters. The van der Waals surface area contributed by atoms with E-state index in [-0.39, 0.29) is 5.78 Å². The minimum Gasteiger partial charge on any atom is -0.292 e. The third-order valence-corrected chi connectivity index (χ3v) is 2.36. The second-order valence-electron chi connectivity index (χ2n) is 2.93. The van der Waals surface area contributed by atoms with Crippen molar-refractivity contribution in [3.05, 3.63) is 11.9 Å². The first-order valence-corrected chi connectivity index (χ1v) is 4.77. The lowest BCUT2D eigenvalue weighted by molar-refractivity contribution is 0.0959. The molecule has 0 aliphatic rings. The van der Waals surface area contributed by atoms with Crippen LogP contribution in [-0.2, 0) is 0 Å². The summed E-state index contributed by atoms with van der Waals surface area (Å²) in [6, 6.07) is 0. The molecular formula is C8H12N2OS. The number of carbonyl (C=O) groups excluding carboxylic acids is 1. The maximum Gasteiger partial charge on any atom is 0.184 e.